The van der Waals surface area contributed by atoms with Crippen LogP contribution in [0.2, 0.25) is 0 Å². The van der Waals surface area contributed by atoms with Gasteiger partial charge in [-0.3, -0.25) is 9.89 Å². The summed E-state index contributed by atoms with van der Waals surface area (Å²) in [4.78, 5) is 12.3. The summed E-state index contributed by atoms with van der Waals surface area (Å²) >= 11 is 0. The van der Waals surface area contributed by atoms with Crippen molar-refractivity contribution in [3.05, 3.63) is 16.0 Å². The molecule has 2 saturated carbocycles. The molecule has 100 valence electrons. The molecule has 0 saturated heterocycles. The summed E-state index contributed by atoms with van der Waals surface area (Å²) in [7, 11) is 0. The monoisotopic (exact) mass is 249 g/mol. The van der Waals surface area contributed by atoms with Crippen LogP contribution in [0.25, 0.3) is 0 Å². The molecular weight excluding hydrogens is 226 g/mol. The van der Waals surface area contributed by atoms with E-state index in [0.717, 1.165) is 18.5 Å². The Hall–Kier alpha value is -1.19. The van der Waals surface area contributed by atoms with Crippen LogP contribution in [-0.2, 0) is 0 Å². The number of nitrogens with zero attached hydrogens (tertiary/aromatic N) is 1. The number of anilines is 1. The molecule has 1 aromatic rings. The summed E-state index contributed by atoms with van der Waals surface area (Å²) in [5.74, 6) is 0.488. The standard InChI is InChI=1S/C14H23N3O/c15-12-13(10-6-4-5-7-10)16-17(14(12)18)11-8-2-1-3-9-11/h10-11,16H,1-9,15H2. The van der Waals surface area contributed by atoms with E-state index in [1.54, 1.807) is 0 Å². The first-order valence-electron chi connectivity index (χ1n) is 7.37. The molecule has 2 fully saturated rings. The number of aromatic nitrogens is 2. The Morgan fingerprint density at radius 3 is 2.28 bits per heavy atom. The maximum Gasteiger partial charge on any atom is 0.290 e. The highest BCUT2D eigenvalue weighted by molar-refractivity contribution is 5.43. The SMILES string of the molecule is Nc1c(C2CCCC2)[nH]n(C2CCCCC2)c1=O. The van der Waals surface area contributed by atoms with Crippen molar-refractivity contribution >= 4 is 5.69 Å². The minimum atomic E-state index is 0.0174. The van der Waals surface area contributed by atoms with Gasteiger partial charge in [0.05, 0.1) is 11.7 Å². The topological polar surface area (TPSA) is 63.8 Å². The fourth-order valence-electron chi connectivity index (χ4n) is 3.61. The number of hydrogen-bond donors (Lipinski definition) is 2. The molecule has 1 aromatic heterocycles. The molecule has 2 aliphatic carbocycles. The Kier molecular flexibility index (Phi) is 3.18. The lowest BCUT2D eigenvalue weighted by atomic mass is 9.96. The predicted octanol–water partition coefficient (Wildman–Crippen LogP) is 2.92. The smallest absolute Gasteiger partial charge is 0.290 e. The number of rotatable bonds is 2. The highest BCUT2D eigenvalue weighted by atomic mass is 16.1. The molecule has 3 N–H and O–H groups in total. The summed E-state index contributed by atoms with van der Waals surface area (Å²) in [6, 6.07) is 0.351. The molecule has 0 unspecified atom stereocenters. The van der Waals surface area contributed by atoms with Crippen LogP contribution in [-0.4, -0.2) is 9.78 Å². The molecule has 4 heteroatoms. The largest absolute Gasteiger partial charge is 0.393 e. The number of nitrogens with one attached hydrogen (secondary N) is 1. The summed E-state index contributed by atoms with van der Waals surface area (Å²) in [6.45, 7) is 0. The summed E-state index contributed by atoms with van der Waals surface area (Å²) in [6.07, 6.45) is 10.9. The first-order chi connectivity index (χ1) is 8.77. The molecule has 0 amide bonds. The Labute approximate surface area is 108 Å². The van der Waals surface area contributed by atoms with Gasteiger partial charge in [0, 0.05) is 5.92 Å². The van der Waals surface area contributed by atoms with Crippen LogP contribution in [0.15, 0.2) is 4.79 Å². The van der Waals surface area contributed by atoms with Crippen molar-refractivity contribution in [2.75, 3.05) is 5.73 Å². The van der Waals surface area contributed by atoms with Gasteiger partial charge in [-0.15, -0.1) is 0 Å². The van der Waals surface area contributed by atoms with Gasteiger partial charge in [-0.05, 0) is 25.7 Å². The van der Waals surface area contributed by atoms with E-state index in [9.17, 15) is 4.79 Å². The van der Waals surface area contributed by atoms with Crippen LogP contribution in [0, 0.1) is 0 Å². The Morgan fingerprint density at radius 2 is 1.61 bits per heavy atom. The van der Waals surface area contributed by atoms with Gasteiger partial charge in [-0.1, -0.05) is 32.1 Å². The van der Waals surface area contributed by atoms with E-state index in [4.69, 9.17) is 5.73 Å². The second-order valence-electron chi connectivity index (χ2n) is 5.89. The van der Waals surface area contributed by atoms with Gasteiger partial charge in [-0.2, -0.15) is 0 Å². The van der Waals surface area contributed by atoms with E-state index >= 15 is 0 Å². The highest BCUT2D eigenvalue weighted by Crippen LogP contribution is 2.36. The molecule has 0 aromatic carbocycles. The maximum absolute atomic E-state index is 12.3. The first kappa shape index (κ1) is 11.9. The van der Waals surface area contributed by atoms with Crippen molar-refractivity contribution in [3.8, 4) is 0 Å². The molecule has 0 aliphatic heterocycles. The molecule has 1 heterocycles. The molecule has 18 heavy (non-hydrogen) atoms. The third-order valence-electron chi connectivity index (χ3n) is 4.68. The summed E-state index contributed by atoms with van der Waals surface area (Å²) in [5, 5.41) is 3.34. The zero-order chi connectivity index (χ0) is 12.5. The van der Waals surface area contributed by atoms with Crippen molar-refractivity contribution < 1.29 is 0 Å². The molecule has 0 spiro atoms. The lowest BCUT2D eigenvalue weighted by Crippen LogP contribution is -2.25. The van der Waals surface area contributed by atoms with Gasteiger partial charge >= 0.3 is 0 Å². The fraction of sp³-hybridized carbons (Fsp3) is 0.786. The van der Waals surface area contributed by atoms with Crippen LogP contribution >= 0.6 is 0 Å². The fourth-order valence-corrected chi connectivity index (χ4v) is 3.61. The van der Waals surface area contributed by atoms with Crippen molar-refractivity contribution in [3.63, 3.8) is 0 Å². The first-order valence-corrected chi connectivity index (χ1v) is 7.37. The lowest BCUT2D eigenvalue weighted by molar-refractivity contribution is 0.321. The van der Waals surface area contributed by atoms with Crippen molar-refractivity contribution in [2.45, 2.75) is 69.7 Å². The summed E-state index contributed by atoms with van der Waals surface area (Å²) < 4.78 is 1.82. The molecule has 0 bridgehead atoms. The molecule has 3 rings (SSSR count). The van der Waals surface area contributed by atoms with E-state index in [2.05, 4.69) is 5.10 Å². The van der Waals surface area contributed by atoms with Gasteiger partial charge < -0.3 is 5.73 Å². The van der Waals surface area contributed by atoms with Crippen LogP contribution in [0.5, 0.6) is 0 Å². The third-order valence-corrected chi connectivity index (χ3v) is 4.68. The van der Waals surface area contributed by atoms with Gasteiger partial charge in [-0.25, -0.2) is 4.68 Å². The minimum absolute atomic E-state index is 0.0174. The second kappa shape index (κ2) is 4.82. The maximum atomic E-state index is 12.3. The predicted molar refractivity (Wildman–Crippen MR) is 72.8 cm³/mol. The highest BCUT2D eigenvalue weighted by Gasteiger charge is 2.26. The molecule has 4 nitrogen and oxygen atoms in total. The second-order valence-corrected chi connectivity index (χ2v) is 5.89. The van der Waals surface area contributed by atoms with Crippen LogP contribution in [0.4, 0.5) is 5.69 Å². The molecule has 0 atom stereocenters. The molecular formula is C14H23N3O. The van der Waals surface area contributed by atoms with E-state index in [1.165, 1.54) is 44.9 Å². The number of nitrogen functional groups attached to an aromatic ring is 1. The Balaban J connectivity index is 1.90. The van der Waals surface area contributed by atoms with Crippen molar-refractivity contribution in [1.82, 2.24) is 9.78 Å². The lowest BCUT2D eigenvalue weighted by Gasteiger charge is -2.22. The van der Waals surface area contributed by atoms with Gasteiger partial charge in [0.2, 0.25) is 0 Å². The zero-order valence-corrected chi connectivity index (χ0v) is 11.0. The average molecular weight is 249 g/mol. The van der Waals surface area contributed by atoms with Crippen LogP contribution in [0.1, 0.15) is 75.4 Å². The number of H-pyrrole nitrogens is 1. The van der Waals surface area contributed by atoms with E-state index in [0.29, 0.717) is 17.6 Å². The minimum Gasteiger partial charge on any atom is -0.393 e. The summed E-state index contributed by atoms with van der Waals surface area (Å²) in [5.41, 5.74) is 7.54. The number of hydrogen-bond acceptors (Lipinski definition) is 2. The van der Waals surface area contributed by atoms with Crippen LogP contribution in [0.3, 0.4) is 0 Å². The van der Waals surface area contributed by atoms with Crippen molar-refractivity contribution in [1.29, 1.82) is 0 Å². The molecule has 0 radical (unpaired) electrons. The quantitative estimate of drug-likeness (QED) is 0.846. The normalized spacial score (nSPS) is 22.7. The van der Waals surface area contributed by atoms with Gasteiger partial charge in [0.1, 0.15) is 5.69 Å². The van der Waals surface area contributed by atoms with Gasteiger partial charge in [0.15, 0.2) is 0 Å². The number of nitrogens with two attached hydrogens (primary N) is 1. The van der Waals surface area contributed by atoms with Crippen molar-refractivity contribution in [2.24, 2.45) is 0 Å². The van der Waals surface area contributed by atoms with E-state index < -0.39 is 0 Å². The van der Waals surface area contributed by atoms with E-state index in [1.807, 2.05) is 4.68 Å². The van der Waals surface area contributed by atoms with Crippen LogP contribution < -0.4 is 11.3 Å². The molecule has 2 aliphatic rings. The van der Waals surface area contributed by atoms with E-state index in [-0.39, 0.29) is 5.56 Å². The third kappa shape index (κ3) is 1.98. The average Bonchev–Trinajstić information content (AvgIpc) is 3.01. The Bertz CT molecular complexity index is 462. The van der Waals surface area contributed by atoms with Gasteiger partial charge in [0.25, 0.3) is 5.56 Å². The number of aromatic amines is 1. The Morgan fingerprint density at radius 1 is 1.00 bits per heavy atom. The zero-order valence-electron chi connectivity index (χ0n) is 11.0.